The molecule has 1 amide bonds. The van der Waals surface area contributed by atoms with Gasteiger partial charge < -0.3 is 5.32 Å². The van der Waals surface area contributed by atoms with E-state index in [9.17, 15) is 19.2 Å². The van der Waals surface area contributed by atoms with E-state index in [1.54, 1.807) is 6.07 Å². The lowest BCUT2D eigenvalue weighted by Gasteiger charge is -2.11. The Balaban J connectivity index is 1.82. The van der Waals surface area contributed by atoms with Crippen molar-refractivity contribution in [2.45, 2.75) is 13.2 Å². The van der Waals surface area contributed by atoms with Gasteiger partial charge in [0.15, 0.2) is 11.3 Å². The Hall–Kier alpha value is -4.07. The molecule has 0 aliphatic heterocycles. The number of nitrogens with one attached hydrogen (secondary N) is 1. The highest BCUT2D eigenvalue weighted by molar-refractivity contribution is 6.32. The number of halogens is 1. The number of alkyl halides is 1. The van der Waals surface area contributed by atoms with Crippen LogP contribution < -0.4 is 16.3 Å². The second-order valence-corrected chi connectivity index (χ2v) is 6.14. The van der Waals surface area contributed by atoms with Crippen molar-refractivity contribution in [3.8, 4) is 6.07 Å². The van der Waals surface area contributed by atoms with Crippen molar-refractivity contribution in [3.05, 3.63) is 58.3 Å². The van der Waals surface area contributed by atoms with Crippen LogP contribution in [-0.4, -0.2) is 37.9 Å². The minimum atomic E-state index is -0.816. The Bertz CT molecular complexity index is 1360. The average molecular weight is 387 g/mol. The first kappa shape index (κ1) is 18.3. The molecule has 1 N–H and O–H groups in total. The van der Waals surface area contributed by atoms with Gasteiger partial charge in [0.05, 0.1) is 11.1 Å². The number of anilines is 1. The fourth-order valence-corrected chi connectivity index (χ4v) is 2.87. The van der Waals surface area contributed by atoms with Gasteiger partial charge in [-0.2, -0.15) is 14.9 Å². The molecule has 0 saturated carbocycles. The summed E-state index contributed by atoms with van der Waals surface area (Å²) >= 11 is 0. The first-order chi connectivity index (χ1) is 14.0. The summed E-state index contributed by atoms with van der Waals surface area (Å²) in [6, 6.07) is 9.15. The van der Waals surface area contributed by atoms with Gasteiger partial charge in [-0.3, -0.25) is 14.2 Å². The summed E-state index contributed by atoms with van der Waals surface area (Å²) in [5.41, 5.74) is 0.367. The van der Waals surface area contributed by atoms with Crippen LogP contribution in [0.15, 0.2) is 41.3 Å². The van der Waals surface area contributed by atoms with Crippen LogP contribution in [0, 0.1) is 11.3 Å². The zero-order chi connectivity index (χ0) is 20.5. The van der Waals surface area contributed by atoms with Crippen LogP contribution in [0.25, 0.3) is 16.7 Å². The van der Waals surface area contributed by atoms with Gasteiger partial charge in [-0.25, -0.2) is 14.4 Å². The van der Waals surface area contributed by atoms with Gasteiger partial charge in [-0.15, -0.1) is 0 Å². The lowest BCUT2D eigenvalue weighted by Crippen LogP contribution is -2.30. The second kappa shape index (κ2) is 7.16. The Morgan fingerprint density at radius 1 is 1.31 bits per heavy atom. The minimum Gasteiger partial charge on any atom is -0.309 e. The number of nitrogens with zero attached hydrogens (tertiary/aromatic N) is 6. The van der Waals surface area contributed by atoms with Crippen LogP contribution in [0.2, 0.25) is 0 Å². The first-order valence-corrected chi connectivity index (χ1v) is 8.40. The summed E-state index contributed by atoms with van der Waals surface area (Å²) in [6.45, 7) is -1.17. The zero-order valence-corrected chi connectivity index (χ0v) is 14.8. The van der Waals surface area contributed by atoms with Gasteiger partial charge in [0.25, 0.3) is 5.56 Å². The number of hydrogen-bond acceptors (Lipinski definition) is 6. The van der Waals surface area contributed by atoms with E-state index in [2.05, 4.69) is 20.4 Å². The molecule has 4 heterocycles. The molecule has 4 rings (SSSR count). The maximum Gasteiger partial charge on any atom is 0.263 e. The van der Waals surface area contributed by atoms with E-state index < -0.39 is 18.1 Å². The number of amides is 1. The van der Waals surface area contributed by atoms with Crippen LogP contribution >= 0.6 is 0 Å². The Morgan fingerprint density at radius 3 is 2.83 bits per heavy atom. The van der Waals surface area contributed by atoms with Crippen molar-refractivity contribution in [1.29, 1.82) is 5.26 Å². The fourth-order valence-electron chi connectivity index (χ4n) is 2.87. The molecule has 140 valence electrons. The SMILES string of the molecule is [B]c1ccc(NC(=O)Cn2c(=O)c3ccc(CF)nc3n3nc(C#N)cc23)nc1. The van der Waals surface area contributed by atoms with Crippen molar-refractivity contribution in [2.24, 2.45) is 0 Å². The molecule has 29 heavy (non-hydrogen) atoms. The van der Waals surface area contributed by atoms with E-state index in [-0.39, 0.29) is 40.4 Å². The molecule has 0 aliphatic rings. The summed E-state index contributed by atoms with van der Waals surface area (Å²) in [5, 5.41) is 16.0. The van der Waals surface area contributed by atoms with Crippen LogP contribution in [0.1, 0.15) is 11.4 Å². The van der Waals surface area contributed by atoms with Crippen LogP contribution in [0.3, 0.4) is 0 Å². The molecule has 0 aliphatic carbocycles. The average Bonchev–Trinajstić information content (AvgIpc) is 3.17. The molecule has 0 saturated heterocycles. The molecule has 0 unspecified atom stereocenters. The number of carbonyl (C=O) groups excluding carboxylic acids is 1. The van der Waals surface area contributed by atoms with Gasteiger partial charge >= 0.3 is 0 Å². The Kier molecular flexibility index (Phi) is 4.52. The van der Waals surface area contributed by atoms with Gasteiger partial charge in [0.1, 0.15) is 38.6 Å². The van der Waals surface area contributed by atoms with E-state index in [0.717, 1.165) is 0 Å². The molecule has 4 aromatic heterocycles. The van der Waals surface area contributed by atoms with Crippen molar-refractivity contribution in [3.63, 3.8) is 0 Å². The largest absolute Gasteiger partial charge is 0.309 e. The molecule has 9 nitrogen and oxygen atoms in total. The van der Waals surface area contributed by atoms with E-state index >= 15 is 0 Å². The zero-order valence-electron chi connectivity index (χ0n) is 14.8. The third-order valence-electron chi connectivity index (χ3n) is 4.18. The van der Waals surface area contributed by atoms with E-state index in [1.807, 2.05) is 6.07 Å². The minimum absolute atomic E-state index is 0.0266. The van der Waals surface area contributed by atoms with E-state index in [0.29, 0.717) is 5.46 Å². The number of rotatable bonds is 4. The fraction of sp³-hybridized carbons (Fsp3) is 0.111. The van der Waals surface area contributed by atoms with Gasteiger partial charge in [0, 0.05) is 12.3 Å². The quantitative estimate of drug-likeness (QED) is 0.501. The normalized spacial score (nSPS) is 10.9. The summed E-state index contributed by atoms with van der Waals surface area (Å²) in [4.78, 5) is 33.5. The maximum atomic E-state index is 13.0. The highest BCUT2D eigenvalue weighted by atomic mass is 19.1. The lowest BCUT2D eigenvalue weighted by atomic mass is 9.99. The maximum absolute atomic E-state index is 13.0. The number of fused-ring (bicyclic) bond motifs is 3. The Morgan fingerprint density at radius 2 is 2.14 bits per heavy atom. The predicted molar refractivity (Wildman–Crippen MR) is 103 cm³/mol. The molecule has 0 bridgehead atoms. The predicted octanol–water partition coefficient (Wildman–Crippen LogP) is 0.213. The third-order valence-corrected chi connectivity index (χ3v) is 4.18. The highest BCUT2D eigenvalue weighted by Crippen LogP contribution is 2.14. The topological polar surface area (TPSA) is 118 Å². The van der Waals surface area contributed by atoms with Gasteiger partial charge in [0.2, 0.25) is 5.91 Å². The molecule has 0 fully saturated rings. The van der Waals surface area contributed by atoms with E-state index in [4.69, 9.17) is 7.85 Å². The van der Waals surface area contributed by atoms with Gasteiger partial charge in [-0.1, -0.05) is 11.5 Å². The van der Waals surface area contributed by atoms with Gasteiger partial charge in [-0.05, 0) is 18.2 Å². The standard InChI is InChI=1S/C18H11BFN7O2/c19-10-1-4-14(22-8-10)24-15(28)9-26-16-5-12(7-21)25-27(16)17-13(18(26)29)3-2-11(6-20)23-17/h1-5,8H,6,9H2,(H,22,24,28). The summed E-state index contributed by atoms with van der Waals surface area (Å²) in [6.07, 6.45) is 1.39. The third kappa shape index (κ3) is 3.32. The van der Waals surface area contributed by atoms with Crippen LogP contribution in [-0.2, 0) is 18.0 Å². The number of nitriles is 1. The molecular weight excluding hydrogens is 376 g/mol. The molecular formula is C18H11BFN7O2. The Labute approximate surface area is 163 Å². The summed E-state index contributed by atoms with van der Waals surface area (Å²) in [7, 11) is 5.57. The van der Waals surface area contributed by atoms with Crippen LogP contribution in [0.4, 0.5) is 10.2 Å². The molecule has 2 radical (unpaired) electrons. The molecule has 11 heteroatoms. The van der Waals surface area contributed by atoms with E-state index in [1.165, 1.54) is 39.5 Å². The molecule has 0 spiro atoms. The lowest BCUT2D eigenvalue weighted by molar-refractivity contribution is -0.116. The highest BCUT2D eigenvalue weighted by Gasteiger charge is 2.17. The smallest absolute Gasteiger partial charge is 0.263 e. The number of carbonyl (C=O) groups is 1. The number of pyridine rings is 2. The van der Waals surface area contributed by atoms with Crippen molar-refractivity contribution in [2.75, 3.05) is 5.32 Å². The molecule has 0 atom stereocenters. The molecule has 4 aromatic rings. The summed E-state index contributed by atoms with van der Waals surface area (Å²) < 4.78 is 15.4. The van der Waals surface area contributed by atoms with Crippen LogP contribution in [0.5, 0.6) is 0 Å². The molecule has 0 aromatic carbocycles. The number of aromatic nitrogens is 5. The summed E-state index contributed by atoms with van der Waals surface area (Å²) in [5.74, 6) is -0.242. The second-order valence-electron chi connectivity index (χ2n) is 6.14. The first-order valence-electron chi connectivity index (χ1n) is 8.40. The van der Waals surface area contributed by atoms with Crippen molar-refractivity contribution in [1.82, 2.24) is 24.1 Å². The monoisotopic (exact) mass is 387 g/mol. The number of hydrogen-bond donors (Lipinski definition) is 1. The van der Waals surface area contributed by atoms with Crippen molar-refractivity contribution >= 4 is 41.7 Å². The van der Waals surface area contributed by atoms with Crippen molar-refractivity contribution < 1.29 is 9.18 Å².